The number of imide groups is 1. The number of halogens is 1. The normalized spacial score (nSPS) is 15.3. The van der Waals surface area contributed by atoms with Crippen LogP contribution in [0, 0.1) is 13.8 Å². The molecule has 1 aliphatic heterocycles. The molecule has 0 saturated carbocycles. The highest BCUT2D eigenvalue weighted by Crippen LogP contribution is 2.34. The van der Waals surface area contributed by atoms with Gasteiger partial charge < -0.3 is 4.57 Å². The fourth-order valence-electron chi connectivity index (χ4n) is 3.86. The maximum atomic E-state index is 12.9. The molecule has 6 heteroatoms. The third-order valence-corrected chi connectivity index (χ3v) is 6.64. The van der Waals surface area contributed by atoms with Gasteiger partial charge in [0.05, 0.1) is 15.6 Å². The van der Waals surface area contributed by atoms with E-state index in [-0.39, 0.29) is 11.1 Å². The largest absolute Gasteiger partial charge is 0.316 e. The van der Waals surface area contributed by atoms with Gasteiger partial charge in [0.1, 0.15) is 0 Å². The average molecular weight is 451 g/mol. The van der Waals surface area contributed by atoms with E-state index in [1.54, 1.807) is 0 Å². The first kappa shape index (κ1) is 21.5. The van der Waals surface area contributed by atoms with Gasteiger partial charge in [-0.05, 0) is 73.9 Å². The second-order valence-corrected chi connectivity index (χ2v) is 8.94. The van der Waals surface area contributed by atoms with Crippen molar-refractivity contribution >= 4 is 40.6 Å². The summed E-state index contributed by atoms with van der Waals surface area (Å²) in [5.41, 5.74) is 5.00. The molecule has 2 aromatic carbocycles. The number of aromatic nitrogens is 1. The third kappa shape index (κ3) is 4.48. The number of thioether (sulfide) groups is 1. The monoisotopic (exact) mass is 450 g/mol. The van der Waals surface area contributed by atoms with Crippen molar-refractivity contribution in [1.82, 2.24) is 9.47 Å². The van der Waals surface area contributed by atoms with Gasteiger partial charge in [0.25, 0.3) is 11.1 Å². The van der Waals surface area contributed by atoms with E-state index in [1.807, 2.05) is 68.5 Å². The molecule has 0 bridgehead atoms. The Bertz CT molecular complexity index is 1170. The topological polar surface area (TPSA) is 42.3 Å². The summed E-state index contributed by atoms with van der Waals surface area (Å²) in [6.07, 6.45) is 3.40. The predicted octanol–water partition coefficient (Wildman–Crippen LogP) is 6.42. The number of aryl methyl sites for hydroxylation is 2. The van der Waals surface area contributed by atoms with Crippen LogP contribution in [0.2, 0.25) is 5.02 Å². The van der Waals surface area contributed by atoms with E-state index in [0.717, 1.165) is 47.2 Å². The van der Waals surface area contributed by atoms with Crippen LogP contribution in [0.5, 0.6) is 0 Å². The summed E-state index contributed by atoms with van der Waals surface area (Å²) < 4.78 is 2.07. The maximum Gasteiger partial charge on any atom is 0.293 e. The number of amides is 2. The van der Waals surface area contributed by atoms with Crippen molar-refractivity contribution in [2.45, 2.75) is 26.7 Å². The molecule has 31 heavy (non-hydrogen) atoms. The Kier molecular flexibility index (Phi) is 6.35. The molecular weight excluding hydrogens is 428 g/mol. The van der Waals surface area contributed by atoms with Gasteiger partial charge in [-0.15, -0.1) is 0 Å². The van der Waals surface area contributed by atoms with Gasteiger partial charge in [-0.25, -0.2) is 0 Å². The van der Waals surface area contributed by atoms with Crippen molar-refractivity contribution in [3.63, 3.8) is 0 Å². The van der Waals surface area contributed by atoms with Crippen LogP contribution in [-0.2, 0) is 11.2 Å². The smallest absolute Gasteiger partial charge is 0.293 e. The SMILES string of the molecule is Cc1cc(/C=C2/SC(=O)N(CCCc3ccccc3)C2=O)c(C)n1-c1ccccc1Cl. The van der Waals surface area contributed by atoms with Crippen LogP contribution >= 0.6 is 23.4 Å². The zero-order valence-electron chi connectivity index (χ0n) is 17.5. The summed E-state index contributed by atoms with van der Waals surface area (Å²) in [6, 6.07) is 19.8. The van der Waals surface area contributed by atoms with Crippen LogP contribution in [0.3, 0.4) is 0 Å². The lowest BCUT2D eigenvalue weighted by Crippen LogP contribution is -2.29. The Morgan fingerprint density at radius 2 is 1.71 bits per heavy atom. The molecule has 1 aromatic heterocycles. The second-order valence-electron chi connectivity index (χ2n) is 7.54. The molecule has 0 unspecified atom stereocenters. The second kappa shape index (κ2) is 9.16. The van der Waals surface area contributed by atoms with E-state index < -0.39 is 0 Å². The van der Waals surface area contributed by atoms with E-state index in [2.05, 4.69) is 16.7 Å². The van der Waals surface area contributed by atoms with E-state index >= 15 is 0 Å². The van der Waals surface area contributed by atoms with Gasteiger partial charge in [0.15, 0.2) is 0 Å². The summed E-state index contributed by atoms with van der Waals surface area (Å²) in [6.45, 7) is 4.42. The lowest BCUT2D eigenvalue weighted by molar-refractivity contribution is -0.122. The number of nitrogens with zero attached hydrogens (tertiary/aromatic N) is 2. The van der Waals surface area contributed by atoms with Gasteiger partial charge >= 0.3 is 0 Å². The molecule has 2 heterocycles. The molecule has 1 saturated heterocycles. The lowest BCUT2D eigenvalue weighted by atomic mass is 10.1. The first-order valence-corrected chi connectivity index (χ1v) is 11.4. The number of benzene rings is 2. The van der Waals surface area contributed by atoms with Crippen molar-refractivity contribution in [2.24, 2.45) is 0 Å². The minimum absolute atomic E-state index is 0.204. The van der Waals surface area contributed by atoms with Crippen molar-refractivity contribution in [1.29, 1.82) is 0 Å². The quantitative estimate of drug-likeness (QED) is 0.407. The highest BCUT2D eigenvalue weighted by Gasteiger charge is 2.34. The first-order valence-electron chi connectivity index (χ1n) is 10.2. The Balaban J connectivity index is 1.52. The minimum atomic E-state index is -0.217. The van der Waals surface area contributed by atoms with Crippen LogP contribution in [-0.4, -0.2) is 27.2 Å². The molecule has 158 valence electrons. The average Bonchev–Trinajstić information content (AvgIpc) is 3.18. The fourth-order valence-corrected chi connectivity index (χ4v) is 4.93. The van der Waals surface area contributed by atoms with E-state index in [1.165, 1.54) is 10.5 Å². The van der Waals surface area contributed by atoms with Crippen molar-refractivity contribution in [3.05, 3.63) is 93.1 Å². The zero-order valence-corrected chi connectivity index (χ0v) is 19.0. The molecule has 2 amide bonds. The third-order valence-electron chi connectivity index (χ3n) is 5.41. The Morgan fingerprint density at radius 3 is 2.45 bits per heavy atom. The molecule has 0 radical (unpaired) electrons. The summed E-state index contributed by atoms with van der Waals surface area (Å²) in [5, 5.41) is 0.457. The molecule has 4 nitrogen and oxygen atoms in total. The maximum absolute atomic E-state index is 12.9. The van der Waals surface area contributed by atoms with Gasteiger partial charge in [-0.3, -0.25) is 14.5 Å². The Labute approximate surface area is 191 Å². The summed E-state index contributed by atoms with van der Waals surface area (Å²) in [4.78, 5) is 27.1. The highest BCUT2D eigenvalue weighted by atomic mass is 35.5. The molecule has 0 N–H and O–H groups in total. The molecule has 1 aliphatic rings. The summed E-state index contributed by atoms with van der Waals surface area (Å²) in [7, 11) is 0. The molecule has 4 rings (SSSR count). The number of hydrogen-bond acceptors (Lipinski definition) is 3. The van der Waals surface area contributed by atoms with Crippen LogP contribution in [0.1, 0.15) is 28.9 Å². The lowest BCUT2D eigenvalue weighted by Gasteiger charge is -2.12. The molecule has 0 atom stereocenters. The molecular formula is C25H23ClN2O2S. The Morgan fingerprint density at radius 1 is 1.00 bits per heavy atom. The number of carbonyl (C=O) groups is 2. The number of carbonyl (C=O) groups excluding carboxylic acids is 2. The van der Waals surface area contributed by atoms with Crippen molar-refractivity contribution in [3.8, 4) is 5.69 Å². The van der Waals surface area contributed by atoms with Crippen LogP contribution in [0.4, 0.5) is 4.79 Å². The Hall–Kier alpha value is -2.76. The first-order chi connectivity index (χ1) is 15.0. The summed E-state index contributed by atoms with van der Waals surface area (Å²) in [5.74, 6) is -0.217. The number of rotatable bonds is 6. The fraction of sp³-hybridized carbons (Fsp3) is 0.200. The van der Waals surface area contributed by atoms with Crippen LogP contribution < -0.4 is 0 Å². The van der Waals surface area contributed by atoms with E-state index in [9.17, 15) is 9.59 Å². The molecule has 1 fully saturated rings. The van der Waals surface area contributed by atoms with Gasteiger partial charge in [0, 0.05) is 17.9 Å². The number of hydrogen-bond donors (Lipinski definition) is 0. The zero-order chi connectivity index (χ0) is 22.0. The number of para-hydroxylation sites is 1. The standard InChI is InChI=1S/C25H23ClN2O2S/c1-17-15-20(18(2)28(17)22-13-7-6-12-21(22)26)16-23-24(29)27(25(30)31-23)14-8-11-19-9-4-3-5-10-19/h3-7,9-10,12-13,15-16H,8,11,14H2,1-2H3/b23-16+. The van der Waals surface area contributed by atoms with Crippen LogP contribution in [0.25, 0.3) is 11.8 Å². The minimum Gasteiger partial charge on any atom is -0.316 e. The summed E-state index contributed by atoms with van der Waals surface area (Å²) >= 11 is 7.40. The highest BCUT2D eigenvalue weighted by molar-refractivity contribution is 8.18. The molecule has 0 spiro atoms. The van der Waals surface area contributed by atoms with Crippen molar-refractivity contribution < 1.29 is 9.59 Å². The van der Waals surface area contributed by atoms with E-state index in [0.29, 0.717) is 16.5 Å². The van der Waals surface area contributed by atoms with Gasteiger partial charge in [-0.1, -0.05) is 54.1 Å². The molecule has 0 aliphatic carbocycles. The van der Waals surface area contributed by atoms with Gasteiger partial charge in [-0.2, -0.15) is 0 Å². The van der Waals surface area contributed by atoms with E-state index in [4.69, 9.17) is 11.6 Å². The molecule has 3 aromatic rings. The van der Waals surface area contributed by atoms with Crippen molar-refractivity contribution in [2.75, 3.05) is 6.54 Å². The predicted molar refractivity (Wildman–Crippen MR) is 128 cm³/mol. The van der Waals surface area contributed by atoms with Gasteiger partial charge in [0.2, 0.25) is 0 Å². The van der Waals surface area contributed by atoms with Crippen LogP contribution in [0.15, 0.2) is 65.6 Å².